The molecule has 2 N–H and O–H groups in total. The predicted octanol–water partition coefficient (Wildman–Crippen LogP) is 0.933. The van der Waals surface area contributed by atoms with Crippen LogP contribution in [-0.2, 0) is 14.3 Å². The van der Waals surface area contributed by atoms with Crippen molar-refractivity contribution in [3.05, 3.63) is 0 Å². The van der Waals surface area contributed by atoms with Gasteiger partial charge in [-0.2, -0.15) is 0 Å². The van der Waals surface area contributed by atoms with Gasteiger partial charge >= 0.3 is 12.0 Å². The van der Waals surface area contributed by atoms with E-state index in [9.17, 15) is 9.59 Å². The number of carboxylic acids is 1. The number of hydrogen-bond donors (Lipinski definition) is 2. The Balaban J connectivity index is 4.69. The van der Waals surface area contributed by atoms with Gasteiger partial charge < -0.3 is 24.8 Å². The molecule has 0 saturated carbocycles. The van der Waals surface area contributed by atoms with Crippen LogP contribution in [0.4, 0.5) is 4.79 Å². The van der Waals surface area contributed by atoms with Crippen molar-refractivity contribution in [2.75, 3.05) is 34.0 Å². The molecule has 0 aromatic heterocycles. The molecule has 0 aliphatic carbocycles. The summed E-state index contributed by atoms with van der Waals surface area (Å²) in [7, 11) is 3.11. The molecule has 0 radical (unpaired) electrons. The van der Waals surface area contributed by atoms with Crippen molar-refractivity contribution < 1.29 is 24.2 Å². The Morgan fingerprint density at radius 3 is 2.40 bits per heavy atom. The number of amides is 2. The summed E-state index contributed by atoms with van der Waals surface area (Å²) in [6, 6.07) is -1.44. The van der Waals surface area contributed by atoms with Crippen LogP contribution in [0.3, 0.4) is 0 Å². The van der Waals surface area contributed by atoms with Crippen molar-refractivity contribution in [2.24, 2.45) is 0 Å². The highest BCUT2D eigenvalue weighted by molar-refractivity contribution is 5.82. The number of nitrogens with one attached hydrogen (secondary N) is 1. The molecule has 7 heteroatoms. The molecule has 0 aliphatic rings. The van der Waals surface area contributed by atoms with Crippen molar-refractivity contribution in [1.29, 1.82) is 0 Å². The first kappa shape index (κ1) is 18.7. The second-order valence-corrected chi connectivity index (χ2v) is 4.62. The van der Waals surface area contributed by atoms with Gasteiger partial charge in [-0.25, -0.2) is 9.59 Å². The summed E-state index contributed by atoms with van der Waals surface area (Å²) in [5.74, 6) is -1.02. The number of nitrogens with zero attached hydrogens (tertiary/aromatic N) is 1. The Labute approximate surface area is 120 Å². The smallest absolute Gasteiger partial charge is 0.326 e. The highest BCUT2D eigenvalue weighted by Crippen LogP contribution is 2.04. The number of aliphatic carboxylic acids is 1. The molecular weight excluding hydrogens is 264 g/mol. The molecule has 2 amide bonds. The second kappa shape index (κ2) is 10.4. The second-order valence-electron chi connectivity index (χ2n) is 4.62. The van der Waals surface area contributed by atoms with E-state index in [1.54, 1.807) is 14.2 Å². The van der Waals surface area contributed by atoms with Crippen LogP contribution in [0.5, 0.6) is 0 Å². The molecule has 0 spiro atoms. The van der Waals surface area contributed by atoms with E-state index in [4.69, 9.17) is 14.6 Å². The Morgan fingerprint density at radius 2 is 1.95 bits per heavy atom. The van der Waals surface area contributed by atoms with Crippen molar-refractivity contribution in [3.63, 3.8) is 0 Å². The van der Waals surface area contributed by atoms with Gasteiger partial charge in [0.2, 0.25) is 0 Å². The van der Waals surface area contributed by atoms with E-state index in [0.717, 1.165) is 0 Å². The van der Waals surface area contributed by atoms with Gasteiger partial charge in [0.25, 0.3) is 0 Å². The molecule has 1 unspecified atom stereocenters. The lowest BCUT2D eigenvalue weighted by atomic mass is 10.2. The molecule has 0 fully saturated rings. The topological polar surface area (TPSA) is 88.1 Å². The maximum absolute atomic E-state index is 12.2. The lowest BCUT2D eigenvalue weighted by molar-refractivity contribution is -0.139. The molecule has 0 aromatic carbocycles. The third kappa shape index (κ3) is 6.72. The Hall–Kier alpha value is -1.34. The van der Waals surface area contributed by atoms with Crippen LogP contribution in [0.2, 0.25) is 0 Å². The summed E-state index contributed by atoms with van der Waals surface area (Å²) in [4.78, 5) is 24.8. The molecule has 0 heterocycles. The fourth-order valence-electron chi connectivity index (χ4n) is 1.82. The molecule has 118 valence electrons. The minimum atomic E-state index is -1.02. The van der Waals surface area contributed by atoms with Crippen molar-refractivity contribution >= 4 is 12.0 Å². The summed E-state index contributed by atoms with van der Waals surface area (Å²) in [5, 5.41) is 11.6. The summed E-state index contributed by atoms with van der Waals surface area (Å²) >= 11 is 0. The Kier molecular flexibility index (Phi) is 9.75. The fraction of sp³-hybridized carbons (Fsp3) is 0.846. The van der Waals surface area contributed by atoms with Crippen molar-refractivity contribution in [2.45, 2.75) is 38.8 Å². The zero-order valence-corrected chi connectivity index (χ0v) is 12.7. The lowest BCUT2D eigenvalue weighted by Gasteiger charge is -2.30. The third-order valence-corrected chi connectivity index (χ3v) is 2.91. The molecular formula is C13H26N2O5. The number of methoxy groups -OCH3 is 2. The zero-order valence-electron chi connectivity index (χ0n) is 12.7. The van der Waals surface area contributed by atoms with Crippen LogP contribution in [-0.4, -0.2) is 68.1 Å². The van der Waals surface area contributed by atoms with E-state index in [0.29, 0.717) is 32.6 Å². The molecule has 2 atom stereocenters. The molecule has 0 bridgehead atoms. The highest BCUT2D eigenvalue weighted by Gasteiger charge is 2.25. The molecule has 0 aromatic rings. The van der Waals surface area contributed by atoms with Crippen LogP contribution < -0.4 is 5.32 Å². The molecule has 7 nitrogen and oxygen atoms in total. The standard InChI is InChI=1S/C13H26N2O5/c1-5-6-11(12(16)17)14-13(18)15(7-8-19-3)10(2)9-20-4/h10-11H,5-9H2,1-4H3,(H,14,18)(H,16,17)/t10?,11-/m1/s1. The first-order valence-electron chi connectivity index (χ1n) is 6.75. The van der Waals surface area contributed by atoms with E-state index in [1.165, 1.54) is 4.90 Å². The van der Waals surface area contributed by atoms with Gasteiger partial charge in [0, 0.05) is 20.8 Å². The molecule has 20 heavy (non-hydrogen) atoms. The average Bonchev–Trinajstić information content (AvgIpc) is 2.38. The highest BCUT2D eigenvalue weighted by atomic mass is 16.5. The van der Waals surface area contributed by atoms with Crippen molar-refractivity contribution in [3.8, 4) is 0 Å². The van der Waals surface area contributed by atoms with Gasteiger partial charge in [-0.1, -0.05) is 13.3 Å². The van der Waals surface area contributed by atoms with E-state index in [2.05, 4.69) is 5.32 Å². The quantitative estimate of drug-likeness (QED) is 0.625. The predicted molar refractivity (Wildman–Crippen MR) is 74.8 cm³/mol. The lowest BCUT2D eigenvalue weighted by Crippen LogP contribution is -2.52. The van der Waals surface area contributed by atoms with Crippen LogP contribution in [0, 0.1) is 0 Å². The number of carboxylic acid groups (broad SMARTS) is 1. The summed E-state index contributed by atoms with van der Waals surface area (Å²) < 4.78 is 10.0. The Morgan fingerprint density at radius 1 is 1.30 bits per heavy atom. The first-order valence-corrected chi connectivity index (χ1v) is 6.75. The number of carbonyl (C=O) groups is 2. The molecule has 0 aliphatic heterocycles. The Bertz CT molecular complexity index is 298. The van der Waals surface area contributed by atoms with E-state index in [1.807, 2.05) is 13.8 Å². The number of urea groups is 1. The maximum atomic E-state index is 12.2. The maximum Gasteiger partial charge on any atom is 0.326 e. The van der Waals surface area contributed by atoms with Gasteiger partial charge in [0.1, 0.15) is 6.04 Å². The van der Waals surface area contributed by atoms with Crippen LogP contribution in [0.15, 0.2) is 0 Å². The van der Waals surface area contributed by atoms with E-state index in [-0.39, 0.29) is 6.04 Å². The number of carbonyl (C=O) groups excluding carboxylic acids is 1. The number of ether oxygens (including phenoxy) is 2. The first-order chi connectivity index (χ1) is 9.47. The summed E-state index contributed by atoms with van der Waals surface area (Å²) in [6.45, 7) is 4.85. The van der Waals surface area contributed by atoms with Gasteiger partial charge in [-0.15, -0.1) is 0 Å². The SMILES string of the molecule is CCC[C@@H](NC(=O)N(CCOC)C(C)COC)C(=O)O. The van der Waals surface area contributed by atoms with Crippen LogP contribution in [0.25, 0.3) is 0 Å². The molecule has 0 rings (SSSR count). The van der Waals surface area contributed by atoms with Gasteiger partial charge in [0.05, 0.1) is 19.3 Å². The monoisotopic (exact) mass is 290 g/mol. The number of rotatable bonds is 10. The van der Waals surface area contributed by atoms with Gasteiger partial charge in [-0.05, 0) is 13.3 Å². The number of hydrogen-bond acceptors (Lipinski definition) is 4. The third-order valence-electron chi connectivity index (χ3n) is 2.91. The zero-order chi connectivity index (χ0) is 15.5. The fourth-order valence-corrected chi connectivity index (χ4v) is 1.82. The van der Waals surface area contributed by atoms with Crippen LogP contribution in [0.1, 0.15) is 26.7 Å². The minimum Gasteiger partial charge on any atom is -0.480 e. The van der Waals surface area contributed by atoms with E-state index >= 15 is 0 Å². The van der Waals surface area contributed by atoms with Gasteiger partial charge in [-0.3, -0.25) is 0 Å². The minimum absolute atomic E-state index is 0.161. The van der Waals surface area contributed by atoms with Crippen molar-refractivity contribution in [1.82, 2.24) is 10.2 Å². The normalized spacial score (nSPS) is 13.6. The van der Waals surface area contributed by atoms with Gasteiger partial charge in [0.15, 0.2) is 0 Å². The summed E-state index contributed by atoms with van der Waals surface area (Å²) in [6.07, 6.45) is 1.08. The average molecular weight is 290 g/mol. The summed E-state index contributed by atoms with van der Waals surface area (Å²) in [5.41, 5.74) is 0. The van der Waals surface area contributed by atoms with Crippen LogP contribution >= 0.6 is 0 Å². The largest absolute Gasteiger partial charge is 0.480 e. The van der Waals surface area contributed by atoms with E-state index < -0.39 is 18.0 Å². The molecule has 0 saturated heterocycles.